The summed E-state index contributed by atoms with van der Waals surface area (Å²) in [6.07, 6.45) is 0. The quantitative estimate of drug-likeness (QED) is 0.204. The number of hydrogen-bond acceptors (Lipinski definition) is 2. The first-order valence-electron chi connectivity index (χ1n) is 10.7. The van der Waals surface area contributed by atoms with E-state index in [1.807, 2.05) is 17.4 Å². The van der Waals surface area contributed by atoms with E-state index in [1.54, 1.807) is 0 Å². The fourth-order valence-electron chi connectivity index (χ4n) is 4.48. The summed E-state index contributed by atoms with van der Waals surface area (Å²) in [5.74, 6) is 0.962. The van der Waals surface area contributed by atoms with Crippen LogP contribution in [0.3, 0.4) is 0 Å². The van der Waals surface area contributed by atoms with Gasteiger partial charge in [0.2, 0.25) is 0 Å². The lowest BCUT2D eigenvalue weighted by Gasteiger charge is -2.16. The third kappa shape index (κ3) is 3.76. The highest BCUT2D eigenvalue weighted by Gasteiger charge is 2.21. The normalized spacial score (nSPS) is 11.5. The van der Waals surface area contributed by atoms with Crippen molar-refractivity contribution in [1.82, 2.24) is 0 Å². The van der Waals surface area contributed by atoms with Crippen molar-refractivity contribution in [3.05, 3.63) is 112 Å². The van der Waals surface area contributed by atoms with Crippen molar-refractivity contribution in [1.29, 1.82) is 0 Å². The number of benzene rings is 5. The molecule has 0 aliphatic rings. The Morgan fingerprint density at radius 1 is 0.667 bits per heavy atom. The standard InChI is InChI=1S/C29H18Br2OS/c30-20-14-19(15-21(31)16-20)26-22-10-4-5-11-23(22)28(32-17-18-8-2-1-3-9-18)29-27(26)24-12-6-7-13-25(24)33-29/h1-16H,17H2. The van der Waals surface area contributed by atoms with E-state index >= 15 is 0 Å². The van der Waals surface area contributed by atoms with Gasteiger partial charge in [0.05, 0.1) is 4.70 Å². The summed E-state index contributed by atoms with van der Waals surface area (Å²) in [5.41, 5.74) is 3.58. The molecular weight excluding hydrogens is 556 g/mol. The number of rotatable bonds is 4. The summed E-state index contributed by atoms with van der Waals surface area (Å²) in [6.45, 7) is 0.538. The maximum atomic E-state index is 6.58. The van der Waals surface area contributed by atoms with Crippen molar-refractivity contribution in [2.45, 2.75) is 6.61 Å². The molecule has 0 spiro atoms. The first-order chi connectivity index (χ1) is 16.2. The molecule has 6 rings (SSSR count). The molecule has 33 heavy (non-hydrogen) atoms. The van der Waals surface area contributed by atoms with E-state index in [0.29, 0.717) is 6.61 Å². The maximum absolute atomic E-state index is 6.58. The van der Waals surface area contributed by atoms with Gasteiger partial charge < -0.3 is 4.74 Å². The Hall–Kier alpha value is -2.66. The molecule has 0 aliphatic carbocycles. The SMILES string of the molecule is Brc1cc(Br)cc(-c2c3ccccc3c(OCc3ccccc3)c3sc4ccccc4c23)c1. The van der Waals surface area contributed by atoms with Gasteiger partial charge in [-0.15, -0.1) is 11.3 Å². The van der Waals surface area contributed by atoms with Gasteiger partial charge in [-0.05, 0) is 46.3 Å². The van der Waals surface area contributed by atoms with Crippen LogP contribution >= 0.6 is 43.2 Å². The van der Waals surface area contributed by atoms with E-state index in [1.165, 1.54) is 36.7 Å². The molecule has 160 valence electrons. The van der Waals surface area contributed by atoms with E-state index in [4.69, 9.17) is 4.74 Å². The molecule has 0 unspecified atom stereocenters. The van der Waals surface area contributed by atoms with Gasteiger partial charge in [-0.3, -0.25) is 0 Å². The zero-order valence-corrected chi connectivity index (χ0v) is 21.5. The van der Waals surface area contributed by atoms with E-state index in [9.17, 15) is 0 Å². The van der Waals surface area contributed by atoms with Crippen LogP contribution in [-0.2, 0) is 6.61 Å². The Morgan fingerprint density at radius 3 is 2.06 bits per heavy atom. The number of fused-ring (bicyclic) bond motifs is 4. The van der Waals surface area contributed by atoms with Crippen LogP contribution in [0.4, 0.5) is 0 Å². The van der Waals surface area contributed by atoms with Gasteiger partial charge in [0, 0.05) is 29.8 Å². The topological polar surface area (TPSA) is 9.23 Å². The van der Waals surface area contributed by atoms with E-state index in [2.05, 4.69) is 123 Å². The molecule has 0 saturated heterocycles. The lowest BCUT2D eigenvalue weighted by molar-refractivity contribution is 0.314. The third-order valence-electron chi connectivity index (χ3n) is 5.87. The van der Waals surface area contributed by atoms with Crippen molar-refractivity contribution in [3.8, 4) is 16.9 Å². The van der Waals surface area contributed by atoms with Crippen LogP contribution in [0.2, 0.25) is 0 Å². The zero-order chi connectivity index (χ0) is 22.4. The predicted molar refractivity (Wildman–Crippen MR) is 148 cm³/mol. The highest BCUT2D eigenvalue weighted by atomic mass is 79.9. The van der Waals surface area contributed by atoms with Crippen LogP contribution in [-0.4, -0.2) is 0 Å². The number of thiophene rings is 1. The van der Waals surface area contributed by atoms with Gasteiger partial charge in [-0.1, -0.05) is 105 Å². The lowest BCUT2D eigenvalue weighted by atomic mass is 9.93. The molecule has 1 aromatic heterocycles. The average Bonchev–Trinajstić information content (AvgIpc) is 3.21. The van der Waals surface area contributed by atoms with Gasteiger partial charge in [-0.2, -0.15) is 0 Å². The predicted octanol–water partition coefficient (Wildman–Crippen LogP) is 9.98. The van der Waals surface area contributed by atoms with Crippen molar-refractivity contribution in [3.63, 3.8) is 0 Å². The molecule has 0 fully saturated rings. The van der Waals surface area contributed by atoms with E-state index < -0.39 is 0 Å². The zero-order valence-electron chi connectivity index (χ0n) is 17.5. The second-order valence-corrected chi connectivity index (χ2v) is 10.9. The fourth-order valence-corrected chi connectivity index (χ4v) is 7.00. The first-order valence-corrected chi connectivity index (χ1v) is 13.1. The van der Waals surface area contributed by atoms with Crippen LogP contribution in [0.5, 0.6) is 5.75 Å². The molecule has 0 radical (unpaired) electrons. The smallest absolute Gasteiger partial charge is 0.145 e. The van der Waals surface area contributed by atoms with Gasteiger partial charge in [0.15, 0.2) is 0 Å². The van der Waals surface area contributed by atoms with Gasteiger partial charge in [0.25, 0.3) is 0 Å². The summed E-state index contributed by atoms with van der Waals surface area (Å²) in [6, 6.07) is 34.1. The van der Waals surface area contributed by atoms with Gasteiger partial charge in [-0.25, -0.2) is 0 Å². The number of halogens is 2. The number of ether oxygens (including phenoxy) is 1. The molecule has 4 heteroatoms. The van der Waals surface area contributed by atoms with Gasteiger partial charge >= 0.3 is 0 Å². The molecule has 1 heterocycles. The molecule has 0 saturated carbocycles. The molecule has 0 bridgehead atoms. The largest absolute Gasteiger partial charge is 0.487 e. The summed E-state index contributed by atoms with van der Waals surface area (Å²) in [4.78, 5) is 0. The minimum Gasteiger partial charge on any atom is -0.487 e. The first kappa shape index (κ1) is 20.9. The van der Waals surface area contributed by atoms with Crippen LogP contribution < -0.4 is 4.74 Å². The molecule has 0 atom stereocenters. The molecule has 6 aromatic rings. The maximum Gasteiger partial charge on any atom is 0.145 e. The average molecular weight is 574 g/mol. The molecule has 0 aliphatic heterocycles. The minimum absolute atomic E-state index is 0.538. The van der Waals surface area contributed by atoms with Crippen molar-refractivity contribution in [2.24, 2.45) is 0 Å². The molecule has 0 N–H and O–H groups in total. The molecule has 5 aromatic carbocycles. The molecule has 0 amide bonds. The lowest BCUT2D eigenvalue weighted by Crippen LogP contribution is -1.97. The van der Waals surface area contributed by atoms with E-state index in [0.717, 1.165) is 25.6 Å². The summed E-state index contributed by atoms with van der Waals surface area (Å²) in [7, 11) is 0. The fraction of sp³-hybridized carbons (Fsp3) is 0.0345. The van der Waals surface area contributed by atoms with Crippen LogP contribution in [0.15, 0.2) is 106 Å². The minimum atomic E-state index is 0.538. The Labute approximate surface area is 212 Å². The second-order valence-electron chi connectivity index (χ2n) is 7.98. The summed E-state index contributed by atoms with van der Waals surface area (Å²) in [5, 5.41) is 4.85. The van der Waals surface area contributed by atoms with Crippen LogP contribution in [0.25, 0.3) is 42.1 Å². The summed E-state index contributed by atoms with van der Waals surface area (Å²) < 4.78 is 11.1. The Kier molecular flexibility index (Phi) is 5.45. The Bertz CT molecular complexity index is 1620. The second kappa shape index (κ2) is 8.60. The van der Waals surface area contributed by atoms with Crippen molar-refractivity contribution < 1.29 is 4.74 Å². The van der Waals surface area contributed by atoms with Gasteiger partial charge in [0.1, 0.15) is 12.4 Å². The van der Waals surface area contributed by atoms with Crippen LogP contribution in [0, 0.1) is 0 Å². The molecular formula is C29H18Br2OS. The van der Waals surface area contributed by atoms with E-state index in [-0.39, 0.29) is 0 Å². The Morgan fingerprint density at radius 2 is 1.30 bits per heavy atom. The number of hydrogen-bond donors (Lipinski definition) is 0. The molecule has 1 nitrogen and oxygen atoms in total. The monoisotopic (exact) mass is 572 g/mol. The van der Waals surface area contributed by atoms with Crippen LogP contribution in [0.1, 0.15) is 5.56 Å². The van der Waals surface area contributed by atoms with Crippen molar-refractivity contribution in [2.75, 3.05) is 0 Å². The Balaban J connectivity index is 1.71. The van der Waals surface area contributed by atoms with Crippen molar-refractivity contribution >= 4 is 74.1 Å². The highest BCUT2D eigenvalue weighted by Crippen LogP contribution is 2.50. The third-order valence-corrected chi connectivity index (χ3v) is 7.96. The summed E-state index contributed by atoms with van der Waals surface area (Å²) >= 11 is 9.19. The highest BCUT2D eigenvalue weighted by molar-refractivity contribution is 9.11.